The molecule has 0 spiro atoms. The Kier molecular flexibility index (Phi) is 6.29. The first kappa shape index (κ1) is 19.4. The topological polar surface area (TPSA) is 87.3 Å². The summed E-state index contributed by atoms with van der Waals surface area (Å²) in [4.78, 5) is 25.7. The summed E-state index contributed by atoms with van der Waals surface area (Å²) in [7, 11) is 1.72. The van der Waals surface area contributed by atoms with Crippen LogP contribution in [0.15, 0.2) is 60.9 Å². The number of amides is 2. The summed E-state index contributed by atoms with van der Waals surface area (Å²) in [5.74, 6) is -0.123. The highest BCUT2D eigenvalue weighted by atomic mass is 35.5. The van der Waals surface area contributed by atoms with Gasteiger partial charge in [-0.2, -0.15) is 5.10 Å². The Morgan fingerprint density at radius 1 is 1.11 bits per heavy atom. The van der Waals surface area contributed by atoms with E-state index in [1.165, 1.54) is 6.20 Å². The van der Waals surface area contributed by atoms with Crippen molar-refractivity contribution < 1.29 is 14.3 Å². The molecular formula is C20H19ClN4O3. The van der Waals surface area contributed by atoms with E-state index in [9.17, 15) is 9.59 Å². The van der Waals surface area contributed by atoms with Crippen LogP contribution in [0.2, 0.25) is 5.02 Å². The minimum Gasteiger partial charge on any atom is -0.444 e. The molecule has 0 unspecified atom stereocenters. The number of hydrogen-bond acceptors (Lipinski definition) is 4. The first-order chi connectivity index (χ1) is 13.5. The number of aromatic nitrogens is 2. The summed E-state index contributed by atoms with van der Waals surface area (Å²) < 4.78 is 5.18. The fourth-order valence-corrected chi connectivity index (χ4v) is 2.64. The largest absolute Gasteiger partial charge is 0.444 e. The predicted molar refractivity (Wildman–Crippen MR) is 106 cm³/mol. The maximum absolute atomic E-state index is 12.2. The van der Waals surface area contributed by atoms with E-state index in [2.05, 4.69) is 15.5 Å². The van der Waals surface area contributed by atoms with Crippen molar-refractivity contribution in [3.8, 4) is 0 Å². The molecule has 0 bridgehead atoms. The van der Waals surface area contributed by atoms with E-state index in [1.54, 1.807) is 54.5 Å². The molecule has 0 aliphatic carbocycles. The molecule has 0 saturated carbocycles. The van der Waals surface area contributed by atoms with Crippen molar-refractivity contribution in [1.82, 2.24) is 15.1 Å². The predicted octanol–water partition coefficient (Wildman–Crippen LogP) is 4.08. The summed E-state index contributed by atoms with van der Waals surface area (Å²) in [6, 6.07) is 14.3. The van der Waals surface area contributed by atoms with Crippen molar-refractivity contribution in [2.24, 2.45) is 0 Å². The van der Waals surface area contributed by atoms with Gasteiger partial charge in [0.2, 0.25) is 0 Å². The number of anilines is 1. The lowest BCUT2D eigenvalue weighted by molar-refractivity contribution is 0.0785. The number of benzene rings is 2. The molecule has 2 amide bonds. The average molecular weight is 399 g/mol. The maximum atomic E-state index is 12.2. The van der Waals surface area contributed by atoms with E-state index in [4.69, 9.17) is 16.3 Å². The van der Waals surface area contributed by atoms with Gasteiger partial charge in [0.15, 0.2) is 0 Å². The minimum absolute atomic E-state index is 0.123. The van der Waals surface area contributed by atoms with E-state index < -0.39 is 6.09 Å². The van der Waals surface area contributed by atoms with Crippen LogP contribution in [-0.4, -0.2) is 34.1 Å². The molecular weight excluding hydrogens is 380 g/mol. The first-order valence-corrected chi connectivity index (χ1v) is 8.90. The third-order valence-electron chi connectivity index (χ3n) is 4.00. The molecule has 0 atom stereocenters. The Morgan fingerprint density at radius 3 is 2.43 bits per heavy atom. The van der Waals surface area contributed by atoms with Gasteiger partial charge in [-0.05, 0) is 35.4 Å². The lowest BCUT2D eigenvalue weighted by Crippen LogP contribution is -2.25. The molecule has 0 aliphatic rings. The van der Waals surface area contributed by atoms with E-state index in [-0.39, 0.29) is 12.5 Å². The second kappa shape index (κ2) is 9.05. The van der Waals surface area contributed by atoms with Gasteiger partial charge in [0.25, 0.3) is 5.91 Å². The molecule has 2 N–H and O–H groups in total. The molecule has 8 heteroatoms. The number of nitrogens with one attached hydrogen (secondary N) is 2. The zero-order chi connectivity index (χ0) is 19.9. The number of rotatable bonds is 6. The fraction of sp³-hybridized carbons (Fsp3) is 0.150. The molecule has 0 fully saturated rings. The zero-order valence-corrected chi connectivity index (χ0v) is 15.9. The molecule has 2 aromatic carbocycles. The number of ether oxygens (including phenoxy) is 1. The highest BCUT2D eigenvalue weighted by molar-refractivity contribution is 6.30. The average Bonchev–Trinajstić information content (AvgIpc) is 3.23. The molecule has 3 aromatic rings. The van der Waals surface area contributed by atoms with Crippen LogP contribution in [0.3, 0.4) is 0 Å². The van der Waals surface area contributed by atoms with Crippen LogP contribution in [0, 0.1) is 0 Å². The SMILES string of the molecule is CN(Cc1ccc(NC(=O)OCc2ccc(Cl)cc2)cc1)C(=O)c1cn[nH]c1. The molecule has 1 aromatic heterocycles. The van der Waals surface area contributed by atoms with Crippen molar-refractivity contribution in [3.63, 3.8) is 0 Å². The van der Waals surface area contributed by atoms with Crippen LogP contribution in [0.4, 0.5) is 10.5 Å². The zero-order valence-electron chi connectivity index (χ0n) is 15.2. The van der Waals surface area contributed by atoms with Gasteiger partial charge in [-0.1, -0.05) is 35.9 Å². The van der Waals surface area contributed by atoms with E-state index in [0.29, 0.717) is 22.8 Å². The summed E-state index contributed by atoms with van der Waals surface area (Å²) in [5, 5.41) is 9.70. The summed E-state index contributed by atoms with van der Waals surface area (Å²) >= 11 is 5.82. The Bertz CT molecular complexity index is 925. The van der Waals surface area contributed by atoms with Gasteiger partial charge in [-0.3, -0.25) is 15.2 Å². The molecule has 28 heavy (non-hydrogen) atoms. The minimum atomic E-state index is -0.546. The van der Waals surface area contributed by atoms with Crippen LogP contribution in [0.1, 0.15) is 21.5 Å². The highest BCUT2D eigenvalue weighted by Gasteiger charge is 2.13. The smallest absolute Gasteiger partial charge is 0.411 e. The summed E-state index contributed by atoms with van der Waals surface area (Å²) in [5.41, 5.74) is 2.89. The second-order valence-corrected chi connectivity index (χ2v) is 6.61. The van der Waals surface area contributed by atoms with Crippen molar-refractivity contribution in [3.05, 3.63) is 82.6 Å². The van der Waals surface area contributed by atoms with Crippen LogP contribution in [-0.2, 0) is 17.9 Å². The van der Waals surface area contributed by atoms with Gasteiger partial charge in [0.1, 0.15) is 6.61 Å². The van der Waals surface area contributed by atoms with Gasteiger partial charge < -0.3 is 9.64 Å². The Morgan fingerprint density at radius 2 is 1.79 bits per heavy atom. The summed E-state index contributed by atoms with van der Waals surface area (Å²) in [6.07, 6.45) is 2.50. The molecule has 0 radical (unpaired) electrons. The highest BCUT2D eigenvalue weighted by Crippen LogP contribution is 2.14. The maximum Gasteiger partial charge on any atom is 0.411 e. The number of hydrogen-bond donors (Lipinski definition) is 2. The lowest BCUT2D eigenvalue weighted by Gasteiger charge is -2.16. The number of carbonyl (C=O) groups excluding carboxylic acids is 2. The van der Waals surface area contributed by atoms with Gasteiger partial charge in [-0.25, -0.2) is 4.79 Å². The number of carbonyl (C=O) groups is 2. The number of nitrogens with zero attached hydrogens (tertiary/aromatic N) is 2. The molecule has 1 heterocycles. The quantitative estimate of drug-likeness (QED) is 0.654. The van der Waals surface area contributed by atoms with Crippen molar-refractivity contribution in [2.75, 3.05) is 12.4 Å². The Balaban J connectivity index is 1.49. The number of aromatic amines is 1. The molecule has 7 nitrogen and oxygen atoms in total. The van der Waals surface area contributed by atoms with Crippen molar-refractivity contribution in [1.29, 1.82) is 0 Å². The van der Waals surface area contributed by atoms with Crippen LogP contribution < -0.4 is 5.32 Å². The molecule has 0 saturated heterocycles. The van der Waals surface area contributed by atoms with Crippen LogP contribution in [0.5, 0.6) is 0 Å². The first-order valence-electron chi connectivity index (χ1n) is 8.52. The number of H-pyrrole nitrogens is 1. The Hall–Kier alpha value is -3.32. The van der Waals surface area contributed by atoms with Crippen molar-refractivity contribution in [2.45, 2.75) is 13.2 Å². The van der Waals surface area contributed by atoms with E-state index >= 15 is 0 Å². The third kappa shape index (κ3) is 5.34. The Labute approximate surface area is 167 Å². The molecule has 144 valence electrons. The van der Waals surface area contributed by atoms with Gasteiger partial charge in [0, 0.05) is 30.5 Å². The van der Waals surface area contributed by atoms with Gasteiger partial charge >= 0.3 is 6.09 Å². The normalized spacial score (nSPS) is 10.4. The standard InChI is InChI=1S/C20H19ClN4O3/c1-25(19(26)16-10-22-23-11-16)12-14-4-8-18(9-5-14)24-20(27)28-13-15-2-6-17(21)7-3-15/h2-11H,12-13H2,1H3,(H,22,23)(H,24,27). The van der Waals surface area contributed by atoms with Crippen LogP contribution in [0.25, 0.3) is 0 Å². The van der Waals surface area contributed by atoms with Gasteiger partial charge in [-0.15, -0.1) is 0 Å². The van der Waals surface area contributed by atoms with E-state index in [1.807, 2.05) is 12.1 Å². The summed E-state index contributed by atoms with van der Waals surface area (Å²) in [6.45, 7) is 0.591. The van der Waals surface area contributed by atoms with Crippen LogP contribution >= 0.6 is 11.6 Å². The fourth-order valence-electron chi connectivity index (χ4n) is 2.51. The van der Waals surface area contributed by atoms with Gasteiger partial charge in [0.05, 0.1) is 11.8 Å². The monoisotopic (exact) mass is 398 g/mol. The second-order valence-electron chi connectivity index (χ2n) is 6.17. The lowest BCUT2D eigenvalue weighted by atomic mass is 10.2. The molecule has 3 rings (SSSR count). The van der Waals surface area contributed by atoms with Crippen molar-refractivity contribution >= 4 is 29.3 Å². The molecule has 0 aliphatic heterocycles. The van der Waals surface area contributed by atoms with E-state index in [0.717, 1.165) is 11.1 Å². The number of halogens is 1. The third-order valence-corrected chi connectivity index (χ3v) is 4.25.